The number of halogens is 2. The van der Waals surface area contributed by atoms with Crippen molar-refractivity contribution in [2.45, 2.75) is 32.2 Å². The Labute approximate surface area is 139 Å². The molecule has 0 saturated carbocycles. The Morgan fingerprint density at radius 3 is 2.75 bits per heavy atom. The molecule has 6 heteroatoms. The van der Waals surface area contributed by atoms with Gasteiger partial charge in [-0.25, -0.2) is 0 Å². The van der Waals surface area contributed by atoms with E-state index >= 15 is 0 Å². The maximum absolute atomic E-state index is 12.1. The Morgan fingerprint density at radius 2 is 2.15 bits per heavy atom. The summed E-state index contributed by atoms with van der Waals surface area (Å²) in [5.74, 6) is 0.998. The summed E-state index contributed by atoms with van der Waals surface area (Å²) in [5.41, 5.74) is 0. The monoisotopic (exact) mass is 380 g/mol. The van der Waals surface area contributed by atoms with Gasteiger partial charge in [-0.15, -0.1) is 23.7 Å². The molecule has 2 heterocycles. The Hall–Kier alpha value is -0.100. The van der Waals surface area contributed by atoms with Gasteiger partial charge in [-0.1, -0.05) is 0 Å². The van der Waals surface area contributed by atoms with Crippen molar-refractivity contribution in [3.8, 4) is 0 Å². The Balaban J connectivity index is 0.00000200. The molecule has 1 N–H and O–H groups in total. The zero-order valence-corrected chi connectivity index (χ0v) is 15.0. The van der Waals surface area contributed by atoms with Crippen LogP contribution in [0.2, 0.25) is 0 Å². The first-order valence-electron chi connectivity index (χ1n) is 6.84. The fourth-order valence-electron chi connectivity index (χ4n) is 2.45. The van der Waals surface area contributed by atoms with Crippen molar-refractivity contribution >= 4 is 45.6 Å². The molecule has 1 aromatic rings. The molecule has 2 rings (SSSR count). The number of piperidine rings is 1. The molecule has 1 fully saturated rings. The summed E-state index contributed by atoms with van der Waals surface area (Å²) < 4.78 is 1.12. The maximum atomic E-state index is 12.1. The molecule has 1 aliphatic heterocycles. The Kier molecular flexibility index (Phi) is 8.10. The summed E-state index contributed by atoms with van der Waals surface area (Å²) in [6.07, 6.45) is 4.16. The number of nitrogens with one attached hydrogen (secondary N) is 1. The van der Waals surface area contributed by atoms with Gasteiger partial charge in [0, 0.05) is 18.3 Å². The summed E-state index contributed by atoms with van der Waals surface area (Å²) in [4.78, 5) is 15.2. The highest BCUT2D eigenvalue weighted by Gasteiger charge is 2.16. The molecule has 0 atom stereocenters. The number of hydrogen-bond acceptors (Lipinski definition) is 3. The molecule has 1 amide bonds. The van der Waals surface area contributed by atoms with Gasteiger partial charge < -0.3 is 10.2 Å². The molecule has 0 spiro atoms. The quantitative estimate of drug-likeness (QED) is 0.844. The minimum absolute atomic E-state index is 0. The van der Waals surface area contributed by atoms with Crippen LogP contribution in [0.4, 0.5) is 0 Å². The van der Waals surface area contributed by atoms with E-state index in [4.69, 9.17) is 0 Å². The van der Waals surface area contributed by atoms with Crippen LogP contribution in [-0.4, -0.2) is 30.9 Å². The standard InChI is InChI=1S/C14H21BrN2OS.ClH/c1-17(10-12-3-4-13(15)19-12)14(18)5-2-11-6-8-16-9-7-11;/h3-4,11,16H,2,5-10H2,1H3;1H. The topological polar surface area (TPSA) is 32.3 Å². The summed E-state index contributed by atoms with van der Waals surface area (Å²) in [6, 6.07) is 4.11. The van der Waals surface area contributed by atoms with E-state index in [0.717, 1.165) is 35.8 Å². The van der Waals surface area contributed by atoms with E-state index in [0.29, 0.717) is 6.42 Å². The predicted octanol–water partition coefficient (Wildman–Crippen LogP) is 3.67. The van der Waals surface area contributed by atoms with E-state index in [1.165, 1.54) is 17.7 Å². The number of carbonyl (C=O) groups is 1. The summed E-state index contributed by atoms with van der Waals surface area (Å²) in [7, 11) is 1.90. The number of carbonyl (C=O) groups excluding carboxylic acids is 1. The van der Waals surface area contributed by atoms with Gasteiger partial charge in [-0.05, 0) is 66.3 Å². The Bertz CT molecular complexity index is 421. The van der Waals surface area contributed by atoms with Crippen molar-refractivity contribution in [1.29, 1.82) is 0 Å². The first kappa shape index (κ1) is 18.0. The van der Waals surface area contributed by atoms with Crippen LogP contribution in [0.1, 0.15) is 30.6 Å². The minimum atomic E-state index is 0. The van der Waals surface area contributed by atoms with Crippen LogP contribution in [-0.2, 0) is 11.3 Å². The zero-order chi connectivity index (χ0) is 13.7. The number of amides is 1. The predicted molar refractivity (Wildman–Crippen MR) is 90.6 cm³/mol. The highest BCUT2D eigenvalue weighted by Crippen LogP contribution is 2.23. The molecule has 0 aromatic carbocycles. The molecule has 1 saturated heterocycles. The lowest BCUT2D eigenvalue weighted by molar-refractivity contribution is -0.130. The summed E-state index contributed by atoms with van der Waals surface area (Å²) in [6.45, 7) is 2.94. The molecule has 1 aliphatic rings. The van der Waals surface area contributed by atoms with E-state index in [-0.39, 0.29) is 18.3 Å². The lowest BCUT2D eigenvalue weighted by Crippen LogP contribution is -2.30. The van der Waals surface area contributed by atoms with Crippen LogP contribution in [0.25, 0.3) is 0 Å². The number of hydrogen-bond donors (Lipinski definition) is 1. The van der Waals surface area contributed by atoms with Crippen molar-refractivity contribution in [3.63, 3.8) is 0 Å². The van der Waals surface area contributed by atoms with Gasteiger partial charge in [0.05, 0.1) is 10.3 Å². The second-order valence-corrected chi connectivity index (χ2v) is 7.74. The molecular formula is C14H22BrClN2OS. The molecule has 1 aromatic heterocycles. The molecule has 0 unspecified atom stereocenters. The average Bonchev–Trinajstić information content (AvgIpc) is 2.82. The van der Waals surface area contributed by atoms with Crippen molar-refractivity contribution in [3.05, 3.63) is 20.8 Å². The zero-order valence-electron chi connectivity index (χ0n) is 11.7. The Morgan fingerprint density at radius 1 is 1.45 bits per heavy atom. The van der Waals surface area contributed by atoms with E-state index in [9.17, 15) is 4.79 Å². The van der Waals surface area contributed by atoms with Crippen LogP contribution < -0.4 is 5.32 Å². The minimum Gasteiger partial charge on any atom is -0.341 e. The molecule has 3 nitrogen and oxygen atoms in total. The SMILES string of the molecule is CN(Cc1ccc(Br)s1)C(=O)CCC1CCNCC1.Cl. The molecule has 20 heavy (non-hydrogen) atoms. The first-order chi connectivity index (χ1) is 9.15. The fraction of sp³-hybridized carbons (Fsp3) is 0.643. The number of rotatable bonds is 5. The molecule has 0 aliphatic carbocycles. The highest BCUT2D eigenvalue weighted by molar-refractivity contribution is 9.11. The van der Waals surface area contributed by atoms with Crippen LogP contribution in [0.3, 0.4) is 0 Å². The van der Waals surface area contributed by atoms with Gasteiger partial charge in [0.15, 0.2) is 0 Å². The van der Waals surface area contributed by atoms with Gasteiger partial charge in [0.2, 0.25) is 5.91 Å². The van der Waals surface area contributed by atoms with Crippen LogP contribution in [0.5, 0.6) is 0 Å². The van der Waals surface area contributed by atoms with E-state index < -0.39 is 0 Å². The lowest BCUT2D eigenvalue weighted by atomic mass is 9.93. The summed E-state index contributed by atoms with van der Waals surface area (Å²) >= 11 is 5.15. The molecular weight excluding hydrogens is 360 g/mol. The van der Waals surface area contributed by atoms with Crippen LogP contribution >= 0.6 is 39.7 Å². The van der Waals surface area contributed by atoms with Crippen molar-refractivity contribution in [2.24, 2.45) is 5.92 Å². The third-order valence-corrected chi connectivity index (χ3v) is 5.28. The van der Waals surface area contributed by atoms with E-state index in [1.54, 1.807) is 11.3 Å². The second-order valence-electron chi connectivity index (χ2n) is 5.19. The number of nitrogens with zero attached hydrogens (tertiary/aromatic N) is 1. The van der Waals surface area contributed by atoms with Gasteiger partial charge in [-0.2, -0.15) is 0 Å². The average molecular weight is 382 g/mol. The largest absolute Gasteiger partial charge is 0.341 e. The van der Waals surface area contributed by atoms with Gasteiger partial charge in [0.25, 0.3) is 0 Å². The smallest absolute Gasteiger partial charge is 0.222 e. The third kappa shape index (κ3) is 5.72. The summed E-state index contributed by atoms with van der Waals surface area (Å²) in [5, 5.41) is 3.36. The van der Waals surface area contributed by atoms with Crippen molar-refractivity contribution in [1.82, 2.24) is 10.2 Å². The van der Waals surface area contributed by atoms with Gasteiger partial charge >= 0.3 is 0 Å². The normalized spacial score (nSPS) is 15.7. The highest BCUT2D eigenvalue weighted by atomic mass is 79.9. The first-order valence-corrected chi connectivity index (χ1v) is 8.45. The maximum Gasteiger partial charge on any atom is 0.222 e. The molecule has 0 bridgehead atoms. The molecule has 114 valence electrons. The fourth-order valence-corrected chi connectivity index (χ4v) is 3.98. The van der Waals surface area contributed by atoms with Crippen molar-refractivity contribution in [2.75, 3.05) is 20.1 Å². The van der Waals surface area contributed by atoms with E-state index in [1.807, 2.05) is 18.0 Å². The van der Waals surface area contributed by atoms with E-state index in [2.05, 4.69) is 27.3 Å². The lowest BCUT2D eigenvalue weighted by Gasteiger charge is -2.23. The second kappa shape index (κ2) is 9.03. The van der Waals surface area contributed by atoms with Gasteiger partial charge in [-0.3, -0.25) is 4.79 Å². The number of thiophene rings is 1. The van der Waals surface area contributed by atoms with Crippen molar-refractivity contribution < 1.29 is 4.79 Å². The van der Waals surface area contributed by atoms with Gasteiger partial charge in [0.1, 0.15) is 0 Å². The molecule has 0 radical (unpaired) electrons. The van der Waals surface area contributed by atoms with Crippen LogP contribution in [0.15, 0.2) is 15.9 Å². The third-order valence-electron chi connectivity index (χ3n) is 3.67. The van der Waals surface area contributed by atoms with Crippen LogP contribution in [0, 0.1) is 5.92 Å².